The van der Waals surface area contributed by atoms with E-state index in [1.54, 1.807) is 36.4 Å². The summed E-state index contributed by atoms with van der Waals surface area (Å²) < 4.78 is 33.4. The maximum Gasteiger partial charge on any atom is 0.262 e. The Hall–Kier alpha value is -3.32. The van der Waals surface area contributed by atoms with Gasteiger partial charge in [0.2, 0.25) is 0 Å². The summed E-state index contributed by atoms with van der Waals surface area (Å²) in [4.78, 5) is 12.8. The van der Waals surface area contributed by atoms with Gasteiger partial charge < -0.3 is 10.1 Å². The van der Waals surface area contributed by atoms with Crippen LogP contribution in [0.5, 0.6) is 5.75 Å². The molecule has 0 saturated carbocycles. The smallest absolute Gasteiger partial charge is 0.262 e. The number of nitrogens with one attached hydrogen (secondary N) is 2. The molecule has 0 spiro atoms. The zero-order valence-electron chi connectivity index (χ0n) is 16.5. The predicted molar refractivity (Wildman–Crippen MR) is 115 cm³/mol. The topological polar surface area (TPSA) is 84.5 Å². The number of sulfonamides is 1. The number of amides is 1. The van der Waals surface area contributed by atoms with Crippen LogP contribution < -0.4 is 14.8 Å². The van der Waals surface area contributed by atoms with E-state index in [0.29, 0.717) is 17.0 Å². The standard InChI is InChI=1S/C23H22N2O4S/c1-29-22-12-5-4-11-21(22)25-30(27,28)18-9-6-8-17(15-18)23(26)24-20-14-13-16-7-2-3-10-19(16)20/h2-12,15,20,25H,13-14H2,1H3,(H,24,26). The van der Waals surface area contributed by atoms with Crippen molar-refractivity contribution >= 4 is 21.6 Å². The fourth-order valence-corrected chi connectivity index (χ4v) is 4.80. The number of hydrogen-bond donors (Lipinski definition) is 2. The van der Waals surface area contributed by atoms with E-state index < -0.39 is 10.0 Å². The quantitative estimate of drug-likeness (QED) is 0.631. The third-order valence-electron chi connectivity index (χ3n) is 5.20. The number of para-hydroxylation sites is 2. The Morgan fingerprint density at radius 2 is 1.77 bits per heavy atom. The van der Waals surface area contributed by atoms with Crippen LogP contribution in [-0.2, 0) is 16.4 Å². The van der Waals surface area contributed by atoms with Crippen molar-refractivity contribution in [1.82, 2.24) is 5.32 Å². The molecule has 6 nitrogen and oxygen atoms in total. The minimum atomic E-state index is -3.89. The van der Waals surface area contributed by atoms with E-state index in [2.05, 4.69) is 16.1 Å². The molecule has 0 aliphatic heterocycles. The van der Waals surface area contributed by atoms with E-state index in [9.17, 15) is 13.2 Å². The highest BCUT2D eigenvalue weighted by Gasteiger charge is 2.24. The van der Waals surface area contributed by atoms with Crippen LogP contribution in [0.25, 0.3) is 0 Å². The summed E-state index contributed by atoms with van der Waals surface area (Å²) in [6.07, 6.45) is 1.75. The Morgan fingerprint density at radius 1 is 1.00 bits per heavy atom. The third-order valence-corrected chi connectivity index (χ3v) is 6.56. The Labute approximate surface area is 176 Å². The second-order valence-electron chi connectivity index (χ2n) is 7.10. The zero-order valence-corrected chi connectivity index (χ0v) is 17.3. The van der Waals surface area contributed by atoms with Crippen molar-refractivity contribution < 1.29 is 17.9 Å². The van der Waals surface area contributed by atoms with Gasteiger partial charge in [-0.2, -0.15) is 0 Å². The van der Waals surface area contributed by atoms with E-state index in [1.165, 1.54) is 24.8 Å². The second kappa shape index (κ2) is 8.20. The van der Waals surface area contributed by atoms with Crippen LogP contribution in [0.3, 0.4) is 0 Å². The summed E-state index contributed by atoms with van der Waals surface area (Å²) in [5, 5.41) is 3.02. The molecular weight excluding hydrogens is 400 g/mol. The number of ether oxygens (including phenoxy) is 1. The van der Waals surface area contributed by atoms with Crippen molar-refractivity contribution in [2.45, 2.75) is 23.8 Å². The molecule has 3 aromatic carbocycles. The number of methoxy groups -OCH3 is 1. The molecule has 1 atom stereocenters. The first kappa shape index (κ1) is 20.0. The Kier molecular flexibility index (Phi) is 5.46. The van der Waals surface area contributed by atoms with Crippen molar-refractivity contribution in [3.05, 3.63) is 89.5 Å². The summed E-state index contributed by atoms with van der Waals surface area (Å²) in [5.41, 5.74) is 2.98. The largest absolute Gasteiger partial charge is 0.495 e. The lowest BCUT2D eigenvalue weighted by atomic mass is 10.1. The van der Waals surface area contributed by atoms with E-state index in [4.69, 9.17) is 4.74 Å². The van der Waals surface area contributed by atoms with Gasteiger partial charge in [-0.05, 0) is 54.3 Å². The second-order valence-corrected chi connectivity index (χ2v) is 8.78. The highest BCUT2D eigenvalue weighted by molar-refractivity contribution is 7.92. The number of rotatable bonds is 6. The molecular formula is C23H22N2O4S. The molecule has 0 bridgehead atoms. The Balaban J connectivity index is 1.54. The van der Waals surface area contributed by atoms with Crippen LogP contribution in [0, 0.1) is 0 Å². The molecule has 3 aromatic rings. The summed E-state index contributed by atoms with van der Waals surface area (Å²) >= 11 is 0. The number of hydrogen-bond acceptors (Lipinski definition) is 4. The van der Waals surface area contributed by atoms with Crippen molar-refractivity contribution in [3.8, 4) is 5.75 Å². The molecule has 0 saturated heterocycles. The number of benzene rings is 3. The van der Waals surface area contributed by atoms with Gasteiger partial charge >= 0.3 is 0 Å². The number of carbonyl (C=O) groups is 1. The lowest BCUT2D eigenvalue weighted by Gasteiger charge is -2.15. The zero-order chi connectivity index (χ0) is 21.1. The minimum Gasteiger partial charge on any atom is -0.495 e. The molecule has 7 heteroatoms. The van der Waals surface area contributed by atoms with Crippen LogP contribution in [0.15, 0.2) is 77.7 Å². The van der Waals surface area contributed by atoms with Gasteiger partial charge in [0.25, 0.3) is 15.9 Å². The van der Waals surface area contributed by atoms with Crippen LogP contribution in [0.4, 0.5) is 5.69 Å². The Morgan fingerprint density at radius 3 is 2.60 bits per heavy atom. The summed E-state index contributed by atoms with van der Waals surface area (Å²) in [6.45, 7) is 0. The van der Waals surface area contributed by atoms with Crippen LogP contribution >= 0.6 is 0 Å². The van der Waals surface area contributed by atoms with E-state index in [1.807, 2.05) is 18.2 Å². The Bertz CT molecular complexity index is 1190. The SMILES string of the molecule is COc1ccccc1NS(=O)(=O)c1cccc(C(=O)NC2CCc3ccccc32)c1. The molecule has 30 heavy (non-hydrogen) atoms. The van der Waals surface area contributed by atoms with E-state index in [-0.39, 0.29) is 16.8 Å². The van der Waals surface area contributed by atoms with Gasteiger partial charge in [0.1, 0.15) is 5.75 Å². The number of aryl methyl sites for hydroxylation is 1. The number of fused-ring (bicyclic) bond motifs is 1. The number of anilines is 1. The van der Waals surface area contributed by atoms with Gasteiger partial charge in [-0.15, -0.1) is 0 Å². The van der Waals surface area contributed by atoms with Crippen molar-refractivity contribution in [3.63, 3.8) is 0 Å². The highest BCUT2D eigenvalue weighted by Crippen LogP contribution is 2.31. The molecule has 0 heterocycles. The first-order valence-corrected chi connectivity index (χ1v) is 11.1. The molecule has 1 unspecified atom stereocenters. The van der Waals surface area contributed by atoms with Crippen molar-refractivity contribution in [1.29, 1.82) is 0 Å². The highest BCUT2D eigenvalue weighted by atomic mass is 32.2. The molecule has 4 rings (SSSR count). The van der Waals surface area contributed by atoms with Crippen LogP contribution in [0.1, 0.15) is 33.9 Å². The average Bonchev–Trinajstić information content (AvgIpc) is 3.17. The lowest BCUT2D eigenvalue weighted by molar-refractivity contribution is 0.0936. The van der Waals surface area contributed by atoms with Crippen LogP contribution in [-0.4, -0.2) is 21.4 Å². The van der Waals surface area contributed by atoms with Crippen molar-refractivity contribution in [2.75, 3.05) is 11.8 Å². The van der Waals surface area contributed by atoms with Gasteiger partial charge in [0, 0.05) is 5.56 Å². The minimum absolute atomic E-state index is 0.00729. The molecule has 0 radical (unpaired) electrons. The monoisotopic (exact) mass is 422 g/mol. The van der Waals surface area contributed by atoms with Gasteiger partial charge in [-0.3, -0.25) is 9.52 Å². The summed E-state index contributed by atoms with van der Waals surface area (Å²) in [6, 6.07) is 20.7. The van der Waals surface area contributed by atoms with Crippen LogP contribution in [0.2, 0.25) is 0 Å². The van der Waals surface area contributed by atoms with Gasteiger partial charge in [-0.25, -0.2) is 8.42 Å². The maximum absolute atomic E-state index is 12.9. The predicted octanol–water partition coefficient (Wildman–Crippen LogP) is 3.91. The fourth-order valence-electron chi connectivity index (χ4n) is 3.69. The molecule has 154 valence electrons. The maximum atomic E-state index is 12.9. The molecule has 2 N–H and O–H groups in total. The first-order chi connectivity index (χ1) is 14.5. The average molecular weight is 423 g/mol. The van der Waals surface area contributed by atoms with E-state index in [0.717, 1.165) is 18.4 Å². The van der Waals surface area contributed by atoms with Gasteiger partial charge in [-0.1, -0.05) is 42.5 Å². The normalized spacial score (nSPS) is 15.3. The van der Waals surface area contributed by atoms with Gasteiger partial charge in [0.15, 0.2) is 0 Å². The fraction of sp³-hybridized carbons (Fsp3) is 0.174. The van der Waals surface area contributed by atoms with Gasteiger partial charge in [0.05, 0.1) is 23.7 Å². The summed E-state index contributed by atoms with van der Waals surface area (Å²) in [7, 11) is -2.42. The molecule has 1 aliphatic rings. The molecule has 0 aromatic heterocycles. The third kappa shape index (κ3) is 4.02. The lowest BCUT2D eigenvalue weighted by Crippen LogP contribution is -2.27. The molecule has 0 fully saturated rings. The van der Waals surface area contributed by atoms with E-state index >= 15 is 0 Å². The summed E-state index contributed by atoms with van der Waals surface area (Å²) in [5.74, 6) is 0.112. The first-order valence-electron chi connectivity index (χ1n) is 9.62. The number of carbonyl (C=O) groups excluding carboxylic acids is 1. The molecule has 1 amide bonds. The molecule has 1 aliphatic carbocycles. The van der Waals surface area contributed by atoms with Crippen molar-refractivity contribution in [2.24, 2.45) is 0 Å².